The summed E-state index contributed by atoms with van der Waals surface area (Å²) in [6, 6.07) is 12.9. The Bertz CT molecular complexity index is 1370. The maximum Gasteiger partial charge on any atom is 0.251 e. The lowest BCUT2D eigenvalue weighted by Gasteiger charge is -2.18. The first-order valence-electron chi connectivity index (χ1n) is 11.4. The molecular formula is C25H27N7O3. The lowest BCUT2D eigenvalue weighted by Crippen LogP contribution is -2.31. The van der Waals surface area contributed by atoms with Crippen LogP contribution < -0.4 is 16.0 Å². The fourth-order valence-corrected chi connectivity index (χ4v) is 4.37. The van der Waals surface area contributed by atoms with Crippen molar-refractivity contribution in [3.8, 4) is 5.69 Å². The monoisotopic (exact) mass is 473 g/mol. The Morgan fingerprint density at radius 2 is 1.97 bits per heavy atom. The van der Waals surface area contributed by atoms with Crippen LogP contribution in [0, 0.1) is 5.92 Å². The van der Waals surface area contributed by atoms with Crippen molar-refractivity contribution in [1.82, 2.24) is 24.9 Å². The van der Waals surface area contributed by atoms with Crippen molar-refractivity contribution in [1.29, 1.82) is 0 Å². The minimum atomic E-state index is -0.225. The van der Waals surface area contributed by atoms with Gasteiger partial charge in [0.2, 0.25) is 5.91 Å². The zero-order valence-electron chi connectivity index (χ0n) is 19.6. The molecule has 0 radical (unpaired) electrons. The summed E-state index contributed by atoms with van der Waals surface area (Å²) in [5.41, 5.74) is 8.62. The van der Waals surface area contributed by atoms with Crippen LogP contribution in [-0.2, 0) is 11.3 Å². The van der Waals surface area contributed by atoms with E-state index in [2.05, 4.69) is 20.4 Å². The molecule has 4 aromatic rings. The SMILES string of the molecule is CN(C)Cc1nccn1-c1ccc(N2CC(CNC(=O)c3ccc4onc(N)c4c3)CC2=O)cc1. The number of carbonyl (C=O) groups is 2. The highest BCUT2D eigenvalue weighted by atomic mass is 16.5. The zero-order valence-corrected chi connectivity index (χ0v) is 19.6. The molecule has 3 heterocycles. The number of benzene rings is 2. The largest absolute Gasteiger partial charge is 0.380 e. The van der Waals surface area contributed by atoms with Crippen LogP contribution in [0.3, 0.4) is 0 Å². The summed E-state index contributed by atoms with van der Waals surface area (Å²) in [5.74, 6) is 1.04. The number of nitrogens with zero attached hydrogens (tertiary/aromatic N) is 5. The molecule has 1 fully saturated rings. The molecule has 1 aliphatic rings. The summed E-state index contributed by atoms with van der Waals surface area (Å²) < 4.78 is 7.12. The molecule has 2 aromatic heterocycles. The minimum Gasteiger partial charge on any atom is -0.380 e. The van der Waals surface area contributed by atoms with E-state index in [9.17, 15) is 9.59 Å². The average Bonchev–Trinajstić information content (AvgIpc) is 3.56. The molecule has 1 atom stereocenters. The number of imidazole rings is 1. The number of carbonyl (C=O) groups excluding carboxylic acids is 2. The highest BCUT2D eigenvalue weighted by molar-refractivity contribution is 6.00. The van der Waals surface area contributed by atoms with Crippen molar-refractivity contribution in [2.24, 2.45) is 5.92 Å². The van der Waals surface area contributed by atoms with Gasteiger partial charge in [-0.1, -0.05) is 5.16 Å². The van der Waals surface area contributed by atoms with Crippen molar-refractivity contribution < 1.29 is 14.1 Å². The Morgan fingerprint density at radius 1 is 1.20 bits per heavy atom. The van der Waals surface area contributed by atoms with Crippen LogP contribution in [0.2, 0.25) is 0 Å². The first kappa shape index (κ1) is 22.6. The van der Waals surface area contributed by atoms with Gasteiger partial charge in [-0.25, -0.2) is 4.98 Å². The van der Waals surface area contributed by atoms with E-state index in [1.165, 1.54) is 0 Å². The molecule has 2 aromatic carbocycles. The Balaban J connectivity index is 1.21. The first-order valence-corrected chi connectivity index (χ1v) is 11.4. The second kappa shape index (κ2) is 9.22. The number of anilines is 2. The Kier molecular flexibility index (Phi) is 5.96. The van der Waals surface area contributed by atoms with Gasteiger partial charge in [0, 0.05) is 54.8 Å². The molecule has 35 heavy (non-hydrogen) atoms. The standard InChI is InChI=1S/C25H27N7O3/c1-30(2)15-22-27-9-10-31(22)18-4-6-19(7-5-18)32-14-16(11-23(32)33)13-28-25(34)17-3-8-21-20(12-17)24(26)29-35-21/h3-10,12,16H,11,13-15H2,1-2H3,(H2,26,29)(H,28,34). The molecule has 0 saturated carbocycles. The number of hydrogen-bond donors (Lipinski definition) is 2. The molecular weight excluding hydrogens is 446 g/mol. The second-order valence-corrected chi connectivity index (χ2v) is 9.03. The van der Waals surface area contributed by atoms with Gasteiger partial charge in [0.05, 0.1) is 11.9 Å². The third kappa shape index (κ3) is 4.60. The van der Waals surface area contributed by atoms with Crippen LogP contribution in [0.25, 0.3) is 16.7 Å². The predicted octanol–water partition coefficient (Wildman–Crippen LogP) is 2.44. The topological polar surface area (TPSA) is 123 Å². The fraction of sp³-hybridized carbons (Fsp3) is 0.280. The number of amides is 2. The summed E-state index contributed by atoms with van der Waals surface area (Å²) in [6.07, 6.45) is 4.10. The number of hydrogen-bond acceptors (Lipinski definition) is 7. The van der Waals surface area contributed by atoms with Gasteiger partial charge >= 0.3 is 0 Å². The van der Waals surface area contributed by atoms with Crippen LogP contribution >= 0.6 is 0 Å². The van der Waals surface area contributed by atoms with Gasteiger partial charge in [-0.2, -0.15) is 0 Å². The van der Waals surface area contributed by atoms with E-state index in [1.54, 1.807) is 29.3 Å². The molecule has 2 amide bonds. The van der Waals surface area contributed by atoms with E-state index in [0.717, 1.165) is 23.7 Å². The van der Waals surface area contributed by atoms with Crippen molar-refractivity contribution in [2.45, 2.75) is 13.0 Å². The normalized spacial score (nSPS) is 15.9. The molecule has 1 aliphatic heterocycles. The van der Waals surface area contributed by atoms with Crippen molar-refractivity contribution >= 4 is 34.3 Å². The molecule has 10 heteroatoms. The van der Waals surface area contributed by atoms with Crippen molar-refractivity contribution in [2.75, 3.05) is 37.8 Å². The molecule has 1 unspecified atom stereocenters. The number of rotatable bonds is 7. The van der Waals surface area contributed by atoms with Gasteiger partial charge in [-0.15, -0.1) is 0 Å². The van der Waals surface area contributed by atoms with Crippen LogP contribution in [-0.4, -0.2) is 58.6 Å². The number of nitrogens with one attached hydrogen (secondary N) is 1. The lowest BCUT2D eigenvalue weighted by molar-refractivity contribution is -0.117. The number of fused-ring (bicyclic) bond motifs is 1. The van der Waals surface area contributed by atoms with Crippen molar-refractivity contribution in [3.63, 3.8) is 0 Å². The third-order valence-corrected chi connectivity index (χ3v) is 6.13. The number of nitrogen functional groups attached to an aromatic ring is 1. The Morgan fingerprint density at radius 3 is 2.74 bits per heavy atom. The van der Waals surface area contributed by atoms with Gasteiger partial charge in [-0.05, 0) is 56.6 Å². The van der Waals surface area contributed by atoms with E-state index < -0.39 is 0 Å². The van der Waals surface area contributed by atoms with Gasteiger partial charge in [0.15, 0.2) is 11.4 Å². The minimum absolute atomic E-state index is 0.0239. The molecule has 0 spiro atoms. The van der Waals surface area contributed by atoms with Gasteiger partial charge in [0.1, 0.15) is 5.82 Å². The molecule has 0 aliphatic carbocycles. The van der Waals surface area contributed by atoms with Crippen molar-refractivity contribution in [3.05, 3.63) is 66.2 Å². The average molecular weight is 474 g/mol. The first-order chi connectivity index (χ1) is 16.9. The van der Waals surface area contributed by atoms with Crippen LogP contribution in [0.4, 0.5) is 11.5 Å². The number of nitrogens with two attached hydrogens (primary N) is 1. The third-order valence-electron chi connectivity index (χ3n) is 6.13. The predicted molar refractivity (Wildman–Crippen MR) is 132 cm³/mol. The number of aromatic nitrogens is 3. The van der Waals surface area contributed by atoms with Gasteiger partial charge < -0.3 is 29.9 Å². The Hall–Kier alpha value is -4.18. The molecule has 1 saturated heterocycles. The quantitative estimate of drug-likeness (QED) is 0.423. The molecule has 3 N–H and O–H groups in total. The van der Waals surface area contributed by atoms with Crippen LogP contribution in [0.1, 0.15) is 22.6 Å². The smallest absolute Gasteiger partial charge is 0.251 e. The van der Waals surface area contributed by atoms with E-state index in [1.807, 2.05) is 49.1 Å². The zero-order chi connectivity index (χ0) is 24.5. The van der Waals surface area contributed by atoms with E-state index >= 15 is 0 Å². The molecule has 10 nitrogen and oxygen atoms in total. The van der Waals surface area contributed by atoms with E-state index in [4.69, 9.17) is 10.3 Å². The van der Waals surface area contributed by atoms with Crippen LogP contribution in [0.15, 0.2) is 59.4 Å². The maximum absolute atomic E-state index is 12.7. The second-order valence-electron chi connectivity index (χ2n) is 9.03. The summed E-state index contributed by atoms with van der Waals surface area (Å²) in [5, 5.41) is 7.25. The fourth-order valence-electron chi connectivity index (χ4n) is 4.37. The molecule has 0 bridgehead atoms. The summed E-state index contributed by atoms with van der Waals surface area (Å²) in [4.78, 5) is 33.6. The van der Waals surface area contributed by atoms with Gasteiger partial charge in [0.25, 0.3) is 5.91 Å². The van der Waals surface area contributed by atoms with E-state index in [0.29, 0.717) is 36.0 Å². The highest BCUT2D eigenvalue weighted by Crippen LogP contribution is 2.26. The van der Waals surface area contributed by atoms with Crippen LogP contribution in [0.5, 0.6) is 0 Å². The summed E-state index contributed by atoms with van der Waals surface area (Å²) in [7, 11) is 4.01. The molecule has 180 valence electrons. The van der Waals surface area contributed by atoms with E-state index in [-0.39, 0.29) is 23.6 Å². The molecule has 5 rings (SSSR count). The maximum atomic E-state index is 12.7. The van der Waals surface area contributed by atoms with Gasteiger partial charge in [-0.3, -0.25) is 9.59 Å². The lowest BCUT2D eigenvalue weighted by atomic mass is 10.1. The summed E-state index contributed by atoms with van der Waals surface area (Å²) >= 11 is 0. The highest BCUT2D eigenvalue weighted by Gasteiger charge is 2.31. The summed E-state index contributed by atoms with van der Waals surface area (Å²) in [6.45, 7) is 1.68. The Labute approximate surface area is 202 Å².